The highest BCUT2D eigenvalue weighted by atomic mass is 16.4. The highest BCUT2D eigenvalue weighted by molar-refractivity contribution is 5.94. The Morgan fingerprint density at radius 1 is 0.842 bits per heavy atom. The van der Waals surface area contributed by atoms with Gasteiger partial charge in [-0.05, 0) is 30.2 Å². The van der Waals surface area contributed by atoms with Gasteiger partial charge in [-0.2, -0.15) is 0 Å². The van der Waals surface area contributed by atoms with Crippen molar-refractivity contribution in [3.05, 3.63) is 54.1 Å². The number of nitrogens with zero attached hydrogens (tertiary/aromatic N) is 1. The number of nitrogens with one attached hydrogen (secondary N) is 4. The summed E-state index contributed by atoms with van der Waals surface area (Å²) in [6, 6.07) is 5.13. The molecule has 208 valence electrons. The zero-order chi connectivity index (χ0) is 28.2. The van der Waals surface area contributed by atoms with Gasteiger partial charge >= 0.3 is 5.97 Å². The molecular weight excluding hydrogens is 488 g/mol. The van der Waals surface area contributed by atoms with E-state index in [0.717, 1.165) is 5.56 Å². The number of carboxylic acid groups (broad SMARTS) is 1. The highest BCUT2D eigenvalue weighted by Gasteiger charge is 2.31. The van der Waals surface area contributed by atoms with Gasteiger partial charge in [0.15, 0.2) is 0 Å². The Hall–Kier alpha value is -3.73. The number of hydrogen-bond acceptors (Lipinski definition) is 6. The molecule has 0 radical (unpaired) electrons. The van der Waals surface area contributed by atoms with Crippen LogP contribution in [0.5, 0.6) is 0 Å². The minimum atomic E-state index is -1.16. The minimum Gasteiger partial charge on any atom is -0.480 e. The van der Waals surface area contributed by atoms with Crippen LogP contribution in [0.15, 0.2) is 42.9 Å². The third-order valence-electron chi connectivity index (χ3n) is 5.91. The second-order valence-electron chi connectivity index (χ2n) is 10.4. The van der Waals surface area contributed by atoms with Crippen LogP contribution < -0.4 is 21.7 Å². The van der Waals surface area contributed by atoms with E-state index < -0.39 is 47.9 Å². The number of aromatic nitrogens is 2. The normalized spacial score (nSPS) is 14.4. The third kappa shape index (κ3) is 10.3. The molecule has 4 unspecified atom stereocenters. The number of carbonyl (C=O) groups excluding carboxylic acids is 3. The van der Waals surface area contributed by atoms with Gasteiger partial charge in [0.05, 0.1) is 12.4 Å². The summed E-state index contributed by atoms with van der Waals surface area (Å²) in [4.78, 5) is 58.1. The number of carboxylic acids is 1. The number of benzene rings is 1. The zero-order valence-electron chi connectivity index (χ0n) is 22.4. The standard InChI is InChI=1S/C27H40N6O5/c1-16(2)10-20(28)24(34)31-21(12-18-8-6-5-7-9-18)25(35)32-22(13-19-14-29-15-30-19)26(36)33-23(27(37)38)11-17(3)4/h5-9,14-17,20-23H,10-13,28H2,1-4H3,(H,29,30)(H,31,34)(H,32,35)(H,33,36)(H,37,38). The van der Waals surface area contributed by atoms with Crippen molar-refractivity contribution >= 4 is 23.7 Å². The van der Waals surface area contributed by atoms with Crippen LogP contribution in [0.3, 0.4) is 0 Å². The van der Waals surface area contributed by atoms with Gasteiger partial charge in [0.2, 0.25) is 17.7 Å². The molecule has 11 heteroatoms. The molecule has 4 atom stereocenters. The topological polar surface area (TPSA) is 179 Å². The van der Waals surface area contributed by atoms with E-state index in [1.165, 1.54) is 12.5 Å². The van der Waals surface area contributed by atoms with Crippen molar-refractivity contribution in [1.29, 1.82) is 0 Å². The summed E-state index contributed by atoms with van der Waals surface area (Å²) in [6.07, 6.45) is 3.86. The van der Waals surface area contributed by atoms with E-state index in [1.54, 1.807) is 0 Å². The molecule has 0 spiro atoms. The first-order valence-corrected chi connectivity index (χ1v) is 12.9. The van der Waals surface area contributed by atoms with Crippen LogP contribution >= 0.6 is 0 Å². The molecule has 0 saturated carbocycles. The molecule has 11 nitrogen and oxygen atoms in total. The van der Waals surface area contributed by atoms with Crippen molar-refractivity contribution in [2.45, 2.75) is 77.5 Å². The number of amides is 3. The highest BCUT2D eigenvalue weighted by Crippen LogP contribution is 2.09. The van der Waals surface area contributed by atoms with Crippen LogP contribution in [-0.2, 0) is 32.0 Å². The maximum Gasteiger partial charge on any atom is 0.326 e. The second kappa shape index (κ2) is 14.9. The average Bonchev–Trinajstić information content (AvgIpc) is 3.35. The molecule has 0 aliphatic rings. The number of hydrogen-bond donors (Lipinski definition) is 6. The van der Waals surface area contributed by atoms with Gasteiger partial charge in [-0.15, -0.1) is 0 Å². The number of rotatable bonds is 15. The van der Waals surface area contributed by atoms with Crippen molar-refractivity contribution < 1.29 is 24.3 Å². The maximum absolute atomic E-state index is 13.5. The smallest absolute Gasteiger partial charge is 0.326 e. The Balaban J connectivity index is 2.26. The van der Waals surface area contributed by atoms with E-state index in [2.05, 4.69) is 25.9 Å². The van der Waals surface area contributed by atoms with Crippen molar-refractivity contribution in [1.82, 2.24) is 25.9 Å². The van der Waals surface area contributed by atoms with Crippen LogP contribution in [0.1, 0.15) is 51.8 Å². The predicted octanol–water partition coefficient (Wildman–Crippen LogP) is 1.15. The lowest BCUT2D eigenvalue weighted by molar-refractivity contribution is -0.142. The number of nitrogens with two attached hydrogens (primary N) is 1. The van der Waals surface area contributed by atoms with Crippen LogP contribution in [0, 0.1) is 11.8 Å². The molecule has 38 heavy (non-hydrogen) atoms. The Bertz CT molecular complexity index is 1040. The van der Waals surface area contributed by atoms with Gasteiger partial charge < -0.3 is 31.8 Å². The van der Waals surface area contributed by atoms with Gasteiger partial charge in [0.1, 0.15) is 18.1 Å². The molecule has 0 aliphatic heterocycles. The number of aliphatic carboxylic acids is 1. The van der Waals surface area contributed by atoms with Crippen LogP contribution in [-0.4, -0.2) is 62.9 Å². The lowest BCUT2D eigenvalue weighted by atomic mass is 10.0. The molecule has 7 N–H and O–H groups in total. The summed E-state index contributed by atoms with van der Waals surface area (Å²) in [5.74, 6) is -2.65. The Kier molecular flexibility index (Phi) is 11.9. The van der Waals surface area contributed by atoms with E-state index in [0.29, 0.717) is 12.1 Å². The number of carbonyl (C=O) groups is 4. The Morgan fingerprint density at radius 3 is 1.92 bits per heavy atom. The molecule has 3 amide bonds. The van der Waals surface area contributed by atoms with Gasteiger partial charge in [-0.1, -0.05) is 58.0 Å². The van der Waals surface area contributed by atoms with E-state index in [-0.39, 0.29) is 31.1 Å². The summed E-state index contributed by atoms with van der Waals surface area (Å²) in [5, 5.41) is 17.6. The van der Waals surface area contributed by atoms with Crippen molar-refractivity contribution in [2.75, 3.05) is 0 Å². The number of H-pyrrole nitrogens is 1. The molecule has 2 aromatic rings. The largest absolute Gasteiger partial charge is 0.480 e. The molecule has 0 aliphatic carbocycles. The monoisotopic (exact) mass is 528 g/mol. The second-order valence-corrected chi connectivity index (χ2v) is 10.4. The van der Waals surface area contributed by atoms with Gasteiger partial charge in [-0.3, -0.25) is 14.4 Å². The maximum atomic E-state index is 13.5. The molecular formula is C27H40N6O5. The molecule has 0 fully saturated rings. The van der Waals surface area contributed by atoms with Crippen molar-refractivity contribution in [3.63, 3.8) is 0 Å². The fraction of sp³-hybridized carbons (Fsp3) is 0.519. The summed E-state index contributed by atoms with van der Waals surface area (Å²) in [7, 11) is 0. The van der Waals surface area contributed by atoms with E-state index in [1.807, 2.05) is 58.0 Å². The average molecular weight is 529 g/mol. The van der Waals surface area contributed by atoms with Crippen LogP contribution in [0.4, 0.5) is 0 Å². The predicted molar refractivity (Wildman–Crippen MR) is 143 cm³/mol. The van der Waals surface area contributed by atoms with Crippen molar-refractivity contribution in [3.8, 4) is 0 Å². The third-order valence-corrected chi connectivity index (χ3v) is 5.91. The van der Waals surface area contributed by atoms with Gasteiger partial charge in [0, 0.05) is 24.7 Å². The number of imidazole rings is 1. The van der Waals surface area contributed by atoms with E-state index in [4.69, 9.17) is 5.73 Å². The Labute approximate surface area is 223 Å². The van der Waals surface area contributed by atoms with Crippen LogP contribution in [0.2, 0.25) is 0 Å². The Morgan fingerprint density at radius 2 is 1.39 bits per heavy atom. The first-order chi connectivity index (χ1) is 18.0. The van der Waals surface area contributed by atoms with Gasteiger partial charge in [-0.25, -0.2) is 9.78 Å². The minimum absolute atomic E-state index is 0.0255. The summed E-state index contributed by atoms with van der Waals surface area (Å²) in [5.41, 5.74) is 7.43. The lowest BCUT2D eigenvalue weighted by Gasteiger charge is -2.26. The lowest BCUT2D eigenvalue weighted by Crippen LogP contribution is -2.58. The van der Waals surface area contributed by atoms with Crippen LogP contribution in [0.25, 0.3) is 0 Å². The van der Waals surface area contributed by atoms with E-state index in [9.17, 15) is 24.3 Å². The first-order valence-electron chi connectivity index (χ1n) is 12.9. The zero-order valence-corrected chi connectivity index (χ0v) is 22.4. The first kappa shape index (κ1) is 30.5. The molecule has 2 rings (SSSR count). The fourth-order valence-electron chi connectivity index (χ4n) is 4.02. The summed E-state index contributed by atoms with van der Waals surface area (Å²) in [6.45, 7) is 7.60. The number of aromatic amines is 1. The quantitative estimate of drug-likeness (QED) is 0.201. The summed E-state index contributed by atoms with van der Waals surface area (Å²) < 4.78 is 0. The fourth-order valence-corrected chi connectivity index (χ4v) is 4.02. The molecule has 0 saturated heterocycles. The molecule has 0 bridgehead atoms. The van der Waals surface area contributed by atoms with Crippen molar-refractivity contribution in [2.24, 2.45) is 17.6 Å². The van der Waals surface area contributed by atoms with E-state index >= 15 is 0 Å². The molecule has 1 heterocycles. The molecule has 1 aromatic carbocycles. The van der Waals surface area contributed by atoms with Gasteiger partial charge in [0.25, 0.3) is 0 Å². The molecule has 1 aromatic heterocycles. The SMILES string of the molecule is CC(C)CC(N)C(=O)NC(Cc1ccccc1)C(=O)NC(Cc1cnc[nH]1)C(=O)NC(CC(C)C)C(=O)O. The summed E-state index contributed by atoms with van der Waals surface area (Å²) >= 11 is 0.